The molecular formula is C14H13F4NO3S. The van der Waals surface area contributed by atoms with Gasteiger partial charge < -0.3 is 4.55 Å². The summed E-state index contributed by atoms with van der Waals surface area (Å²) in [4.78, 5) is 0. The lowest BCUT2D eigenvalue weighted by Gasteiger charge is -2.08. The van der Waals surface area contributed by atoms with Crippen LogP contribution in [0.3, 0.4) is 0 Å². The maximum Gasteiger partial charge on any atom is 0.485 e. The molecule has 0 unspecified atom stereocenters. The first-order chi connectivity index (χ1) is 10.5. The number of rotatable bonds is 2. The van der Waals surface area contributed by atoms with Crippen LogP contribution in [0.4, 0.5) is 17.6 Å². The van der Waals surface area contributed by atoms with Crippen molar-refractivity contribution in [1.29, 1.82) is 0 Å². The Bertz CT molecular complexity index is 746. The largest absolute Gasteiger partial charge is 0.741 e. The normalized spacial score (nSPS) is 11.6. The summed E-state index contributed by atoms with van der Waals surface area (Å²) in [5.74, 6) is -0.165. The average molecular weight is 351 g/mol. The second-order valence-corrected chi connectivity index (χ2v) is 5.87. The summed E-state index contributed by atoms with van der Waals surface area (Å²) in [6.07, 6.45) is 1.76. The molecule has 23 heavy (non-hydrogen) atoms. The first-order valence-electron chi connectivity index (χ1n) is 6.23. The molecule has 0 N–H and O–H groups in total. The minimum atomic E-state index is -6.09. The van der Waals surface area contributed by atoms with Crippen LogP contribution in [0, 0.1) is 12.9 Å². The number of alkyl halides is 3. The second-order valence-electron chi connectivity index (χ2n) is 4.50. The molecule has 0 saturated heterocycles. The zero-order valence-electron chi connectivity index (χ0n) is 11.9. The van der Waals surface area contributed by atoms with E-state index in [-0.39, 0.29) is 5.95 Å². The fourth-order valence-corrected chi connectivity index (χ4v) is 1.55. The van der Waals surface area contributed by atoms with Gasteiger partial charge in [-0.15, -0.1) is 4.39 Å². The van der Waals surface area contributed by atoms with Gasteiger partial charge in [-0.2, -0.15) is 17.7 Å². The minimum Gasteiger partial charge on any atom is -0.741 e. The molecule has 0 amide bonds. The maximum atomic E-state index is 13.7. The maximum absolute atomic E-state index is 13.7. The standard InChI is InChI=1S/C13H13FN.CHF3O3S/c1-11-6-5-9-15(13(11)14)10-12-7-3-2-4-8-12;2-1(3,4)8(5,6)7/h2-9H,10H2,1H3;(H,5,6,7)/q+1;/p-1. The Hall–Kier alpha value is -2.00. The van der Waals surface area contributed by atoms with Crippen LogP contribution in [0.2, 0.25) is 0 Å². The van der Waals surface area contributed by atoms with Crippen LogP contribution in [-0.4, -0.2) is 18.5 Å². The third-order valence-electron chi connectivity index (χ3n) is 2.67. The van der Waals surface area contributed by atoms with Crippen molar-refractivity contribution in [3.8, 4) is 0 Å². The number of nitrogens with zero attached hydrogens (tertiary/aromatic N) is 1. The van der Waals surface area contributed by atoms with Crippen LogP contribution < -0.4 is 4.57 Å². The molecule has 1 aromatic carbocycles. The van der Waals surface area contributed by atoms with E-state index in [1.54, 1.807) is 23.8 Å². The van der Waals surface area contributed by atoms with Crippen LogP contribution in [0.15, 0.2) is 48.7 Å². The van der Waals surface area contributed by atoms with Crippen LogP contribution in [-0.2, 0) is 16.7 Å². The molecule has 2 rings (SSSR count). The fourth-order valence-electron chi connectivity index (χ4n) is 1.55. The first kappa shape index (κ1) is 19.0. The average Bonchev–Trinajstić information content (AvgIpc) is 2.44. The van der Waals surface area contributed by atoms with Gasteiger partial charge in [-0.25, -0.2) is 8.42 Å². The smallest absolute Gasteiger partial charge is 0.485 e. The Morgan fingerprint density at radius 3 is 2.09 bits per heavy atom. The lowest BCUT2D eigenvalue weighted by atomic mass is 10.2. The van der Waals surface area contributed by atoms with Crippen molar-refractivity contribution in [2.24, 2.45) is 0 Å². The van der Waals surface area contributed by atoms with E-state index in [1.807, 2.05) is 36.4 Å². The summed E-state index contributed by atoms with van der Waals surface area (Å²) >= 11 is 0. The third-order valence-corrected chi connectivity index (χ3v) is 3.24. The summed E-state index contributed by atoms with van der Waals surface area (Å²) in [5, 5.41) is 0. The van der Waals surface area contributed by atoms with Gasteiger partial charge in [0.25, 0.3) is 0 Å². The monoisotopic (exact) mass is 351 g/mol. The highest BCUT2D eigenvalue weighted by Gasteiger charge is 2.36. The lowest BCUT2D eigenvalue weighted by Crippen LogP contribution is -2.38. The summed E-state index contributed by atoms with van der Waals surface area (Å²) in [5.41, 5.74) is -3.87. The van der Waals surface area contributed by atoms with Crippen molar-refractivity contribution in [2.45, 2.75) is 19.0 Å². The molecule has 0 bridgehead atoms. The number of aryl methyl sites for hydroxylation is 1. The van der Waals surface area contributed by atoms with E-state index >= 15 is 0 Å². The first-order valence-corrected chi connectivity index (χ1v) is 7.64. The highest BCUT2D eigenvalue weighted by atomic mass is 32.2. The topological polar surface area (TPSA) is 61.1 Å². The summed E-state index contributed by atoms with van der Waals surface area (Å²) in [6, 6.07) is 13.5. The zero-order valence-corrected chi connectivity index (χ0v) is 12.7. The van der Waals surface area contributed by atoms with Gasteiger partial charge in [0.15, 0.2) is 22.9 Å². The van der Waals surface area contributed by atoms with E-state index in [0.29, 0.717) is 12.1 Å². The number of hydrogen-bond donors (Lipinski definition) is 0. The van der Waals surface area contributed by atoms with Crippen molar-refractivity contribution in [3.63, 3.8) is 0 Å². The number of pyridine rings is 1. The molecule has 9 heteroatoms. The molecular weight excluding hydrogens is 338 g/mol. The Kier molecular flexibility index (Phi) is 6.22. The molecule has 0 aliphatic carbocycles. The molecule has 126 valence electrons. The van der Waals surface area contributed by atoms with E-state index in [4.69, 9.17) is 13.0 Å². The Morgan fingerprint density at radius 1 is 1.09 bits per heavy atom. The van der Waals surface area contributed by atoms with Crippen molar-refractivity contribution in [2.75, 3.05) is 0 Å². The number of aromatic nitrogens is 1. The quantitative estimate of drug-likeness (QED) is 0.275. The molecule has 2 aromatic rings. The molecule has 0 aliphatic heterocycles. The van der Waals surface area contributed by atoms with Crippen molar-refractivity contribution >= 4 is 10.1 Å². The highest BCUT2D eigenvalue weighted by molar-refractivity contribution is 7.86. The summed E-state index contributed by atoms with van der Waals surface area (Å²) < 4.78 is 74.2. The predicted octanol–water partition coefficient (Wildman–Crippen LogP) is 2.52. The number of halogens is 4. The number of hydrogen-bond acceptors (Lipinski definition) is 3. The molecule has 0 aliphatic rings. The van der Waals surface area contributed by atoms with Crippen LogP contribution >= 0.6 is 0 Å². The Morgan fingerprint density at radius 2 is 1.61 bits per heavy atom. The van der Waals surface area contributed by atoms with Crippen LogP contribution in [0.25, 0.3) is 0 Å². The van der Waals surface area contributed by atoms with Gasteiger partial charge >= 0.3 is 11.5 Å². The van der Waals surface area contributed by atoms with Crippen molar-refractivity contribution < 1.29 is 35.1 Å². The molecule has 0 radical (unpaired) electrons. The van der Waals surface area contributed by atoms with Crippen LogP contribution in [0.1, 0.15) is 11.1 Å². The van der Waals surface area contributed by atoms with E-state index in [0.717, 1.165) is 5.56 Å². The van der Waals surface area contributed by atoms with Crippen molar-refractivity contribution in [1.82, 2.24) is 0 Å². The summed E-state index contributed by atoms with van der Waals surface area (Å²) in [7, 11) is -6.09. The molecule has 0 saturated carbocycles. The van der Waals surface area contributed by atoms with Crippen LogP contribution in [0.5, 0.6) is 0 Å². The molecule has 0 spiro atoms. The van der Waals surface area contributed by atoms with Gasteiger partial charge in [-0.05, 0) is 13.0 Å². The number of benzene rings is 1. The SMILES string of the molecule is Cc1ccc[n+](Cc2ccccc2)c1F.O=S(=O)([O-])C(F)(F)F. The van der Waals surface area contributed by atoms with E-state index < -0.39 is 15.6 Å². The van der Waals surface area contributed by atoms with E-state index in [2.05, 4.69) is 0 Å². The predicted molar refractivity (Wildman–Crippen MR) is 72.6 cm³/mol. The Balaban J connectivity index is 0.000000284. The van der Waals surface area contributed by atoms with Crippen molar-refractivity contribution in [3.05, 3.63) is 65.7 Å². The van der Waals surface area contributed by atoms with E-state index in [9.17, 15) is 17.6 Å². The zero-order chi connectivity index (χ0) is 17.7. The second kappa shape index (κ2) is 7.51. The molecule has 1 heterocycles. The fraction of sp³-hybridized carbons (Fsp3) is 0.214. The van der Waals surface area contributed by atoms with Gasteiger partial charge in [0.1, 0.15) is 0 Å². The molecule has 4 nitrogen and oxygen atoms in total. The van der Waals surface area contributed by atoms with E-state index in [1.165, 1.54) is 0 Å². The van der Waals surface area contributed by atoms with Gasteiger partial charge in [0, 0.05) is 11.6 Å². The molecule has 0 atom stereocenters. The third kappa shape index (κ3) is 5.95. The van der Waals surface area contributed by atoms with Gasteiger partial charge in [-0.1, -0.05) is 30.3 Å². The minimum absolute atomic E-state index is 0.165. The van der Waals surface area contributed by atoms with Gasteiger partial charge in [-0.3, -0.25) is 0 Å². The summed E-state index contributed by atoms with van der Waals surface area (Å²) in [6.45, 7) is 2.35. The lowest BCUT2D eigenvalue weighted by molar-refractivity contribution is -0.716. The molecule has 0 fully saturated rings. The van der Waals surface area contributed by atoms with Gasteiger partial charge in [0.05, 0.1) is 5.56 Å². The van der Waals surface area contributed by atoms with Gasteiger partial charge in [0.2, 0.25) is 0 Å². The highest BCUT2D eigenvalue weighted by Crippen LogP contribution is 2.20. The Labute approximate surface area is 130 Å². The molecule has 1 aromatic heterocycles.